The first-order valence-electron chi connectivity index (χ1n) is 7.70. The highest BCUT2D eigenvalue weighted by atomic mass is 79.9. The van der Waals surface area contributed by atoms with Gasteiger partial charge in [0.25, 0.3) is 0 Å². The minimum Gasteiger partial charge on any atom is -0.493 e. The predicted octanol–water partition coefficient (Wildman–Crippen LogP) is 5.01. The summed E-state index contributed by atoms with van der Waals surface area (Å²) in [5.41, 5.74) is 1.86. The van der Waals surface area contributed by atoms with Crippen molar-refractivity contribution in [2.75, 3.05) is 7.11 Å². The fourth-order valence-electron chi connectivity index (χ4n) is 2.42. The van der Waals surface area contributed by atoms with Crippen LogP contribution in [0.3, 0.4) is 0 Å². The van der Waals surface area contributed by atoms with Crippen molar-refractivity contribution in [2.24, 2.45) is 4.99 Å². The van der Waals surface area contributed by atoms with E-state index < -0.39 is 5.97 Å². The van der Waals surface area contributed by atoms with Crippen molar-refractivity contribution >= 4 is 45.5 Å². The summed E-state index contributed by atoms with van der Waals surface area (Å²) in [6.45, 7) is 1.96. The lowest BCUT2D eigenvalue weighted by Gasteiger charge is -2.13. The molecule has 0 unspecified atom stereocenters. The van der Waals surface area contributed by atoms with E-state index in [2.05, 4.69) is 20.9 Å². The molecule has 2 aromatic rings. The van der Waals surface area contributed by atoms with Crippen LogP contribution < -0.4 is 9.47 Å². The molecular formula is C19H15BrClNO4. The van der Waals surface area contributed by atoms with Gasteiger partial charge in [0.05, 0.1) is 12.1 Å². The number of carbonyl (C=O) groups is 1. The largest absolute Gasteiger partial charge is 0.493 e. The van der Waals surface area contributed by atoms with Crippen LogP contribution in [0.1, 0.15) is 18.1 Å². The van der Waals surface area contributed by atoms with Crippen LogP contribution in [-0.4, -0.2) is 19.0 Å². The van der Waals surface area contributed by atoms with Crippen molar-refractivity contribution in [1.82, 2.24) is 0 Å². The van der Waals surface area contributed by atoms with Gasteiger partial charge in [-0.15, -0.1) is 0 Å². The molecule has 26 heavy (non-hydrogen) atoms. The predicted molar refractivity (Wildman–Crippen MR) is 104 cm³/mol. The fourth-order valence-corrected chi connectivity index (χ4v) is 3.14. The number of cyclic esters (lactones) is 1. The molecule has 7 heteroatoms. The minimum absolute atomic E-state index is 0.212. The Labute approximate surface area is 164 Å². The average Bonchev–Trinajstić information content (AvgIpc) is 2.90. The number of methoxy groups -OCH3 is 1. The number of hydrogen-bond acceptors (Lipinski definition) is 5. The van der Waals surface area contributed by atoms with E-state index >= 15 is 0 Å². The van der Waals surface area contributed by atoms with Gasteiger partial charge in [-0.2, -0.15) is 0 Å². The summed E-state index contributed by atoms with van der Waals surface area (Å²) < 4.78 is 17.1. The number of benzene rings is 2. The third-order valence-corrected chi connectivity index (χ3v) is 4.33. The van der Waals surface area contributed by atoms with Gasteiger partial charge in [0.1, 0.15) is 6.61 Å². The SMILES string of the molecule is COc1cc(C=C2N=C(C)OC2=O)cc(Cl)c1OCc1cccc(Br)c1. The lowest BCUT2D eigenvalue weighted by Crippen LogP contribution is -2.00. The van der Waals surface area contributed by atoms with E-state index in [4.69, 9.17) is 25.8 Å². The van der Waals surface area contributed by atoms with Gasteiger partial charge in [-0.3, -0.25) is 0 Å². The summed E-state index contributed by atoms with van der Waals surface area (Å²) in [5, 5.41) is 0.373. The smallest absolute Gasteiger partial charge is 0.363 e. The zero-order valence-electron chi connectivity index (χ0n) is 14.1. The molecule has 134 valence electrons. The molecule has 1 aliphatic rings. The average molecular weight is 437 g/mol. The highest BCUT2D eigenvalue weighted by Crippen LogP contribution is 2.37. The number of halogens is 2. The summed E-state index contributed by atoms with van der Waals surface area (Å²) in [5.74, 6) is 0.720. The number of esters is 1. The number of ether oxygens (including phenoxy) is 3. The maximum absolute atomic E-state index is 11.7. The summed E-state index contributed by atoms with van der Waals surface area (Å²) in [4.78, 5) is 15.7. The zero-order chi connectivity index (χ0) is 18.7. The lowest BCUT2D eigenvalue weighted by atomic mass is 10.1. The van der Waals surface area contributed by atoms with E-state index in [-0.39, 0.29) is 5.70 Å². The molecule has 0 radical (unpaired) electrons. The van der Waals surface area contributed by atoms with Gasteiger partial charge in [0.2, 0.25) is 0 Å². The highest BCUT2D eigenvalue weighted by Gasteiger charge is 2.20. The first-order valence-corrected chi connectivity index (χ1v) is 8.87. The van der Waals surface area contributed by atoms with Crippen LogP contribution in [0.5, 0.6) is 11.5 Å². The second-order valence-corrected chi connectivity index (χ2v) is 6.83. The Morgan fingerprint density at radius 2 is 2.12 bits per heavy atom. The first kappa shape index (κ1) is 18.5. The zero-order valence-corrected chi connectivity index (χ0v) is 16.4. The molecule has 0 aliphatic carbocycles. The Morgan fingerprint density at radius 1 is 1.31 bits per heavy atom. The van der Waals surface area contributed by atoms with Crippen molar-refractivity contribution < 1.29 is 19.0 Å². The number of nitrogens with zero attached hydrogens (tertiary/aromatic N) is 1. The number of carbonyl (C=O) groups excluding carboxylic acids is 1. The van der Waals surface area contributed by atoms with E-state index in [9.17, 15) is 4.79 Å². The van der Waals surface area contributed by atoms with Gasteiger partial charge in [-0.25, -0.2) is 9.79 Å². The Hall–Kier alpha value is -2.31. The van der Waals surface area contributed by atoms with Gasteiger partial charge in [-0.05, 0) is 41.5 Å². The summed E-state index contributed by atoms with van der Waals surface area (Å²) >= 11 is 9.80. The molecule has 0 saturated carbocycles. The van der Waals surface area contributed by atoms with Crippen LogP contribution in [0.2, 0.25) is 5.02 Å². The molecule has 3 rings (SSSR count). The third kappa shape index (κ3) is 4.26. The van der Waals surface area contributed by atoms with Crippen molar-refractivity contribution in [1.29, 1.82) is 0 Å². The molecule has 5 nitrogen and oxygen atoms in total. The fraction of sp³-hybridized carbons (Fsp3) is 0.158. The molecule has 0 aromatic heterocycles. The van der Waals surface area contributed by atoms with E-state index in [1.807, 2.05) is 24.3 Å². The second kappa shape index (κ2) is 7.93. The quantitative estimate of drug-likeness (QED) is 0.488. The molecule has 0 spiro atoms. The monoisotopic (exact) mass is 435 g/mol. The standard InChI is InChI=1S/C19H15BrClNO4/c1-11-22-16(19(23)26-11)8-13-7-15(21)18(17(9-13)24-2)25-10-12-4-3-5-14(20)6-12/h3-9H,10H2,1-2H3. The maximum atomic E-state index is 11.7. The van der Waals surface area contributed by atoms with Crippen molar-refractivity contribution in [3.05, 3.63) is 62.7 Å². The molecule has 0 amide bonds. The van der Waals surface area contributed by atoms with Crippen LogP contribution in [0, 0.1) is 0 Å². The van der Waals surface area contributed by atoms with Crippen LogP contribution in [0.25, 0.3) is 6.08 Å². The molecule has 0 fully saturated rings. The Morgan fingerprint density at radius 3 is 2.77 bits per heavy atom. The van der Waals surface area contributed by atoms with Crippen LogP contribution in [0.15, 0.2) is 51.6 Å². The first-order chi connectivity index (χ1) is 12.5. The van der Waals surface area contributed by atoms with Crippen molar-refractivity contribution in [3.63, 3.8) is 0 Å². The normalized spacial score (nSPS) is 15.0. The second-order valence-electron chi connectivity index (χ2n) is 5.50. The van der Waals surface area contributed by atoms with Gasteiger partial charge < -0.3 is 14.2 Å². The molecule has 0 saturated heterocycles. The highest BCUT2D eigenvalue weighted by molar-refractivity contribution is 9.10. The van der Waals surface area contributed by atoms with Gasteiger partial charge in [-0.1, -0.05) is 39.7 Å². The number of aliphatic imine (C=N–C) groups is 1. The molecule has 0 bridgehead atoms. The van der Waals surface area contributed by atoms with Crippen LogP contribution >= 0.6 is 27.5 Å². The number of rotatable bonds is 5. The van der Waals surface area contributed by atoms with E-state index in [0.717, 1.165) is 10.0 Å². The van der Waals surface area contributed by atoms with Gasteiger partial charge >= 0.3 is 5.97 Å². The Kier molecular flexibility index (Phi) is 5.64. The van der Waals surface area contributed by atoms with Gasteiger partial charge in [0.15, 0.2) is 23.1 Å². The van der Waals surface area contributed by atoms with Crippen molar-refractivity contribution in [2.45, 2.75) is 13.5 Å². The van der Waals surface area contributed by atoms with Gasteiger partial charge in [0, 0.05) is 11.4 Å². The van der Waals surface area contributed by atoms with E-state index in [0.29, 0.717) is 34.6 Å². The van der Waals surface area contributed by atoms with E-state index in [1.165, 1.54) is 7.11 Å². The molecule has 2 aromatic carbocycles. The maximum Gasteiger partial charge on any atom is 0.363 e. The van der Waals surface area contributed by atoms with Crippen LogP contribution in [-0.2, 0) is 16.1 Å². The molecular weight excluding hydrogens is 422 g/mol. The Bertz CT molecular complexity index is 924. The Balaban J connectivity index is 1.86. The summed E-state index contributed by atoms with van der Waals surface area (Å²) in [6, 6.07) is 11.2. The summed E-state index contributed by atoms with van der Waals surface area (Å²) in [7, 11) is 1.53. The topological polar surface area (TPSA) is 57.1 Å². The number of hydrogen-bond donors (Lipinski definition) is 0. The van der Waals surface area contributed by atoms with Crippen LogP contribution in [0.4, 0.5) is 0 Å². The molecule has 1 heterocycles. The molecule has 0 N–H and O–H groups in total. The summed E-state index contributed by atoms with van der Waals surface area (Å²) in [6.07, 6.45) is 1.59. The minimum atomic E-state index is -0.493. The molecule has 0 atom stereocenters. The molecule has 1 aliphatic heterocycles. The third-order valence-electron chi connectivity index (χ3n) is 3.55. The van der Waals surface area contributed by atoms with E-state index in [1.54, 1.807) is 25.1 Å². The lowest BCUT2D eigenvalue weighted by molar-refractivity contribution is -0.130. The van der Waals surface area contributed by atoms with Crippen molar-refractivity contribution in [3.8, 4) is 11.5 Å².